The third kappa shape index (κ3) is 3.60. The number of nitrogens with zero attached hydrogens (tertiary/aromatic N) is 3. The van der Waals surface area contributed by atoms with Gasteiger partial charge in [-0.3, -0.25) is 0 Å². The Kier molecular flexibility index (Phi) is 4.47. The van der Waals surface area contributed by atoms with E-state index in [2.05, 4.69) is 32.2 Å². The maximum absolute atomic E-state index is 5.80. The second-order valence-corrected chi connectivity index (χ2v) is 7.02. The summed E-state index contributed by atoms with van der Waals surface area (Å²) in [6, 6.07) is 5.94. The van der Waals surface area contributed by atoms with Crippen LogP contribution in [0.4, 0.5) is 10.8 Å². The molecule has 0 radical (unpaired) electrons. The zero-order valence-corrected chi connectivity index (χ0v) is 13.3. The molecule has 0 aliphatic carbocycles. The van der Waals surface area contributed by atoms with Gasteiger partial charge >= 0.3 is 0 Å². The molecule has 0 atom stereocenters. The number of thioether (sulfide) groups is 1. The van der Waals surface area contributed by atoms with E-state index in [4.69, 9.17) is 5.73 Å². The van der Waals surface area contributed by atoms with E-state index in [9.17, 15) is 0 Å². The normalized spacial score (nSPS) is 10.6. The number of nitrogen functional groups attached to an aromatic ring is 1. The summed E-state index contributed by atoms with van der Waals surface area (Å²) >= 11 is 6.70. The molecule has 0 aliphatic rings. The predicted octanol–water partition coefficient (Wildman–Crippen LogP) is 3.24. The van der Waals surface area contributed by atoms with Gasteiger partial charge in [0.1, 0.15) is 0 Å². The summed E-state index contributed by atoms with van der Waals surface area (Å²) in [6.45, 7) is 0. The van der Waals surface area contributed by atoms with Gasteiger partial charge in [-0.05, 0) is 23.8 Å². The molecule has 2 rings (SSSR count). The van der Waals surface area contributed by atoms with E-state index in [0.29, 0.717) is 0 Å². The van der Waals surface area contributed by atoms with Crippen molar-refractivity contribution in [1.82, 2.24) is 10.2 Å². The lowest BCUT2D eigenvalue weighted by Gasteiger charge is -2.04. The molecular formula is C11H13BrN4S2. The van der Waals surface area contributed by atoms with E-state index in [-0.39, 0.29) is 0 Å². The van der Waals surface area contributed by atoms with Crippen molar-refractivity contribution in [2.45, 2.75) is 10.1 Å². The topological polar surface area (TPSA) is 55.0 Å². The summed E-state index contributed by atoms with van der Waals surface area (Å²) in [5, 5.41) is 9.17. The first-order valence-electron chi connectivity index (χ1n) is 5.23. The van der Waals surface area contributed by atoms with Crippen molar-refractivity contribution in [2.24, 2.45) is 0 Å². The quantitative estimate of drug-likeness (QED) is 0.681. The van der Waals surface area contributed by atoms with Crippen molar-refractivity contribution in [3.63, 3.8) is 0 Å². The van der Waals surface area contributed by atoms with Crippen LogP contribution in [-0.4, -0.2) is 24.3 Å². The number of anilines is 2. The molecule has 0 amide bonds. The summed E-state index contributed by atoms with van der Waals surface area (Å²) in [7, 11) is 3.92. The minimum absolute atomic E-state index is 0.770. The SMILES string of the molecule is CN(C)c1nnc(SCc2cc(N)cc(Br)c2)s1. The zero-order valence-electron chi connectivity index (χ0n) is 10.1. The number of halogens is 1. The van der Waals surface area contributed by atoms with E-state index >= 15 is 0 Å². The van der Waals surface area contributed by atoms with Crippen molar-refractivity contribution in [2.75, 3.05) is 24.7 Å². The molecule has 1 aromatic carbocycles. The lowest BCUT2D eigenvalue weighted by Crippen LogP contribution is -2.07. The maximum Gasteiger partial charge on any atom is 0.208 e. The Morgan fingerprint density at radius 3 is 2.72 bits per heavy atom. The molecule has 0 spiro atoms. The number of benzene rings is 1. The van der Waals surface area contributed by atoms with Gasteiger partial charge in [0.25, 0.3) is 0 Å². The minimum atomic E-state index is 0.770. The number of hydrogen-bond acceptors (Lipinski definition) is 6. The van der Waals surface area contributed by atoms with Crippen molar-refractivity contribution in [3.05, 3.63) is 28.2 Å². The molecule has 4 nitrogen and oxygen atoms in total. The van der Waals surface area contributed by atoms with Gasteiger partial charge in [-0.1, -0.05) is 39.0 Å². The zero-order chi connectivity index (χ0) is 13.1. The molecule has 0 saturated heterocycles. The van der Waals surface area contributed by atoms with Gasteiger partial charge in [0, 0.05) is 30.0 Å². The van der Waals surface area contributed by atoms with E-state index in [0.717, 1.165) is 25.4 Å². The van der Waals surface area contributed by atoms with Gasteiger partial charge < -0.3 is 10.6 Å². The van der Waals surface area contributed by atoms with Crippen LogP contribution < -0.4 is 10.6 Å². The summed E-state index contributed by atoms with van der Waals surface area (Å²) < 4.78 is 1.97. The third-order valence-corrected chi connectivity index (χ3v) is 4.87. The van der Waals surface area contributed by atoms with Crippen molar-refractivity contribution in [1.29, 1.82) is 0 Å². The van der Waals surface area contributed by atoms with Crippen molar-refractivity contribution in [3.8, 4) is 0 Å². The molecule has 0 fully saturated rings. The molecule has 2 aromatic rings. The highest BCUT2D eigenvalue weighted by molar-refractivity contribution is 9.10. The summed E-state index contributed by atoms with van der Waals surface area (Å²) in [4.78, 5) is 1.96. The van der Waals surface area contributed by atoms with Crippen LogP contribution in [0.15, 0.2) is 27.0 Å². The van der Waals surface area contributed by atoms with Gasteiger partial charge in [-0.15, -0.1) is 10.2 Å². The fourth-order valence-corrected chi connectivity index (χ4v) is 3.60. The van der Waals surface area contributed by atoms with Gasteiger partial charge in [0.2, 0.25) is 5.13 Å². The van der Waals surface area contributed by atoms with Crippen LogP contribution >= 0.6 is 39.0 Å². The molecule has 0 bridgehead atoms. The molecule has 96 valence electrons. The smallest absolute Gasteiger partial charge is 0.208 e. The predicted molar refractivity (Wildman–Crippen MR) is 82.4 cm³/mol. The Balaban J connectivity index is 2.02. The van der Waals surface area contributed by atoms with Gasteiger partial charge in [-0.2, -0.15) is 0 Å². The summed E-state index contributed by atoms with van der Waals surface area (Å²) in [5.74, 6) is 0.839. The van der Waals surface area contributed by atoms with Gasteiger partial charge in [0.15, 0.2) is 4.34 Å². The molecule has 1 heterocycles. The highest BCUT2D eigenvalue weighted by Gasteiger charge is 2.07. The van der Waals surface area contributed by atoms with Gasteiger partial charge in [-0.25, -0.2) is 0 Å². The Hall–Kier alpha value is -0.790. The van der Waals surface area contributed by atoms with Crippen LogP contribution in [0.2, 0.25) is 0 Å². The Morgan fingerprint density at radius 1 is 1.33 bits per heavy atom. The number of aromatic nitrogens is 2. The average molecular weight is 345 g/mol. The second kappa shape index (κ2) is 5.90. The van der Waals surface area contributed by atoms with E-state index in [1.165, 1.54) is 5.56 Å². The Labute approximate surface area is 123 Å². The van der Waals surface area contributed by atoms with Crippen molar-refractivity contribution < 1.29 is 0 Å². The minimum Gasteiger partial charge on any atom is -0.399 e. The van der Waals surface area contributed by atoms with Crippen LogP contribution in [0, 0.1) is 0 Å². The molecule has 7 heteroatoms. The van der Waals surface area contributed by atoms with Crippen LogP contribution in [-0.2, 0) is 5.75 Å². The van der Waals surface area contributed by atoms with Crippen LogP contribution in [0.5, 0.6) is 0 Å². The van der Waals surface area contributed by atoms with Crippen LogP contribution in [0.1, 0.15) is 5.56 Å². The lowest BCUT2D eigenvalue weighted by molar-refractivity contribution is 0.972. The summed E-state index contributed by atoms with van der Waals surface area (Å²) in [5.41, 5.74) is 7.75. The standard InChI is InChI=1S/C11H13BrN4S2/c1-16(2)10-14-15-11(18-10)17-6-7-3-8(12)5-9(13)4-7/h3-5H,6,13H2,1-2H3. The molecular weight excluding hydrogens is 332 g/mol. The molecule has 2 N–H and O–H groups in total. The Morgan fingerprint density at radius 2 is 2.11 bits per heavy atom. The van der Waals surface area contributed by atoms with Gasteiger partial charge in [0.05, 0.1) is 0 Å². The Bertz CT molecular complexity index is 521. The van der Waals surface area contributed by atoms with Crippen LogP contribution in [0.3, 0.4) is 0 Å². The fourth-order valence-electron chi connectivity index (χ4n) is 1.35. The molecule has 0 unspecified atom stereocenters. The maximum atomic E-state index is 5.80. The first-order valence-corrected chi connectivity index (χ1v) is 7.82. The molecule has 1 aromatic heterocycles. The van der Waals surface area contributed by atoms with Crippen LogP contribution in [0.25, 0.3) is 0 Å². The second-order valence-electron chi connectivity index (χ2n) is 3.93. The monoisotopic (exact) mass is 344 g/mol. The highest BCUT2D eigenvalue weighted by atomic mass is 79.9. The number of rotatable bonds is 4. The fraction of sp³-hybridized carbons (Fsp3) is 0.273. The van der Waals surface area contributed by atoms with E-state index in [1.807, 2.05) is 31.1 Å². The van der Waals surface area contributed by atoms with E-state index < -0.39 is 0 Å². The number of nitrogens with two attached hydrogens (primary N) is 1. The first kappa shape index (κ1) is 13.6. The van der Waals surface area contributed by atoms with E-state index in [1.54, 1.807) is 23.1 Å². The molecule has 0 aliphatic heterocycles. The third-order valence-electron chi connectivity index (χ3n) is 2.12. The largest absolute Gasteiger partial charge is 0.399 e. The first-order chi connectivity index (χ1) is 8.54. The lowest BCUT2D eigenvalue weighted by atomic mass is 10.2. The highest BCUT2D eigenvalue weighted by Crippen LogP contribution is 2.30. The molecule has 0 saturated carbocycles. The average Bonchev–Trinajstić information content (AvgIpc) is 2.73. The summed E-state index contributed by atoms with van der Waals surface area (Å²) in [6.07, 6.45) is 0. The van der Waals surface area contributed by atoms with Crippen molar-refractivity contribution >= 4 is 49.8 Å². The number of hydrogen-bond donors (Lipinski definition) is 1. The molecule has 18 heavy (non-hydrogen) atoms.